The largest absolute Gasteiger partial charge is 0.480 e. The van der Waals surface area contributed by atoms with Gasteiger partial charge in [0.25, 0.3) is 0 Å². The van der Waals surface area contributed by atoms with Crippen LogP contribution in [0.1, 0.15) is 12.0 Å². The lowest BCUT2D eigenvalue weighted by atomic mass is 10.1. The maximum absolute atomic E-state index is 12.6. The zero-order valence-corrected chi connectivity index (χ0v) is 9.53. The lowest BCUT2D eigenvalue weighted by molar-refractivity contribution is -0.138. The summed E-state index contributed by atoms with van der Waals surface area (Å²) in [6.45, 7) is 1.28. The van der Waals surface area contributed by atoms with Gasteiger partial charge in [-0.05, 0) is 43.6 Å². The number of nitrogens with two attached hydrogens (primary N) is 1. The molecule has 1 atom stereocenters. The zero-order valence-electron chi connectivity index (χ0n) is 9.53. The van der Waals surface area contributed by atoms with Crippen LogP contribution >= 0.6 is 0 Å². The molecule has 1 unspecified atom stereocenters. The second kappa shape index (κ2) is 6.98. The highest BCUT2D eigenvalue weighted by Gasteiger charge is 2.09. The average Bonchev–Trinajstić information content (AvgIpc) is 2.30. The van der Waals surface area contributed by atoms with E-state index in [1.54, 1.807) is 12.1 Å². The fourth-order valence-corrected chi connectivity index (χ4v) is 1.39. The van der Waals surface area contributed by atoms with E-state index in [1.807, 2.05) is 0 Å². The Hall–Kier alpha value is -1.46. The minimum absolute atomic E-state index is 0.242. The van der Waals surface area contributed by atoms with Crippen molar-refractivity contribution < 1.29 is 14.3 Å². The lowest BCUT2D eigenvalue weighted by Gasteiger charge is -2.07. The highest BCUT2D eigenvalue weighted by molar-refractivity contribution is 5.72. The van der Waals surface area contributed by atoms with E-state index in [-0.39, 0.29) is 5.82 Å². The van der Waals surface area contributed by atoms with Crippen LogP contribution in [0.5, 0.6) is 0 Å². The molecule has 0 saturated heterocycles. The number of carboxylic acids is 1. The van der Waals surface area contributed by atoms with E-state index in [4.69, 9.17) is 10.8 Å². The molecular weight excluding hydrogens is 223 g/mol. The molecule has 1 aromatic rings. The predicted octanol–water partition coefficient (Wildman–Crippen LogP) is 0.760. The lowest BCUT2D eigenvalue weighted by Crippen LogP contribution is -2.34. The van der Waals surface area contributed by atoms with Gasteiger partial charge in [0.2, 0.25) is 0 Å². The number of hydrogen-bond donors (Lipinski definition) is 3. The van der Waals surface area contributed by atoms with Crippen LogP contribution in [0.3, 0.4) is 0 Å². The maximum atomic E-state index is 12.6. The summed E-state index contributed by atoms with van der Waals surface area (Å²) < 4.78 is 12.6. The number of aliphatic carboxylic acids is 1. The van der Waals surface area contributed by atoms with Gasteiger partial charge in [-0.15, -0.1) is 0 Å². The van der Waals surface area contributed by atoms with Crippen molar-refractivity contribution in [1.29, 1.82) is 0 Å². The molecule has 0 fully saturated rings. The average molecular weight is 240 g/mol. The van der Waals surface area contributed by atoms with Gasteiger partial charge < -0.3 is 16.2 Å². The van der Waals surface area contributed by atoms with Crippen molar-refractivity contribution in [2.45, 2.75) is 18.9 Å². The Balaban J connectivity index is 2.12. The van der Waals surface area contributed by atoms with Crippen molar-refractivity contribution in [3.8, 4) is 0 Å². The van der Waals surface area contributed by atoms with Crippen molar-refractivity contribution in [1.82, 2.24) is 5.32 Å². The highest BCUT2D eigenvalue weighted by atomic mass is 19.1. The second-order valence-corrected chi connectivity index (χ2v) is 3.86. The highest BCUT2D eigenvalue weighted by Crippen LogP contribution is 2.02. The van der Waals surface area contributed by atoms with Gasteiger partial charge in [0.15, 0.2) is 0 Å². The quantitative estimate of drug-likeness (QED) is 0.615. The molecule has 17 heavy (non-hydrogen) atoms. The molecule has 0 saturated carbocycles. The number of carbonyl (C=O) groups is 1. The van der Waals surface area contributed by atoms with Gasteiger partial charge in [0.05, 0.1) is 0 Å². The van der Waals surface area contributed by atoms with Crippen LogP contribution < -0.4 is 11.1 Å². The molecule has 4 nitrogen and oxygen atoms in total. The smallest absolute Gasteiger partial charge is 0.320 e. The number of hydrogen-bond acceptors (Lipinski definition) is 3. The van der Waals surface area contributed by atoms with E-state index in [2.05, 4.69) is 5.32 Å². The third-order valence-electron chi connectivity index (χ3n) is 2.45. The summed E-state index contributed by atoms with van der Waals surface area (Å²) in [7, 11) is 0. The minimum Gasteiger partial charge on any atom is -0.480 e. The topological polar surface area (TPSA) is 75.3 Å². The molecule has 0 heterocycles. The van der Waals surface area contributed by atoms with Gasteiger partial charge in [-0.2, -0.15) is 0 Å². The molecule has 0 bridgehead atoms. The van der Waals surface area contributed by atoms with Crippen LogP contribution in [0, 0.1) is 5.82 Å². The standard InChI is InChI=1S/C12H17FN2O2/c13-10-3-1-9(2-4-10)5-7-15-8-6-11(14)12(16)17/h1-4,11,15H,5-8,14H2,(H,16,17). The molecule has 0 radical (unpaired) electrons. The minimum atomic E-state index is -0.981. The van der Waals surface area contributed by atoms with Crippen LogP contribution in [0.15, 0.2) is 24.3 Å². The number of rotatable bonds is 7. The van der Waals surface area contributed by atoms with Crippen LogP contribution in [0.4, 0.5) is 4.39 Å². The molecule has 0 spiro atoms. The van der Waals surface area contributed by atoms with Crippen molar-refractivity contribution in [2.75, 3.05) is 13.1 Å². The molecule has 5 heteroatoms. The first-order valence-electron chi connectivity index (χ1n) is 5.53. The van der Waals surface area contributed by atoms with Gasteiger partial charge in [-0.1, -0.05) is 12.1 Å². The van der Waals surface area contributed by atoms with Crippen molar-refractivity contribution in [2.24, 2.45) is 5.73 Å². The Kier molecular flexibility index (Phi) is 5.59. The van der Waals surface area contributed by atoms with E-state index < -0.39 is 12.0 Å². The van der Waals surface area contributed by atoms with Gasteiger partial charge in [-0.3, -0.25) is 4.79 Å². The first kappa shape index (κ1) is 13.6. The van der Waals surface area contributed by atoms with Crippen LogP contribution in [0.2, 0.25) is 0 Å². The molecule has 4 N–H and O–H groups in total. The maximum Gasteiger partial charge on any atom is 0.320 e. The molecule has 0 aromatic heterocycles. The van der Waals surface area contributed by atoms with Crippen molar-refractivity contribution in [3.05, 3.63) is 35.6 Å². The van der Waals surface area contributed by atoms with Crippen LogP contribution in [0.25, 0.3) is 0 Å². The third kappa shape index (κ3) is 5.42. The molecular formula is C12H17FN2O2. The van der Waals surface area contributed by atoms with Gasteiger partial charge in [-0.25, -0.2) is 4.39 Å². The number of nitrogens with one attached hydrogen (secondary N) is 1. The van der Waals surface area contributed by atoms with Crippen molar-refractivity contribution in [3.63, 3.8) is 0 Å². The predicted molar refractivity (Wildman–Crippen MR) is 63.2 cm³/mol. The Morgan fingerprint density at radius 2 is 2.00 bits per heavy atom. The molecule has 0 aliphatic carbocycles. The summed E-state index contributed by atoms with van der Waals surface area (Å²) in [6, 6.07) is 5.51. The Morgan fingerprint density at radius 1 is 1.35 bits per heavy atom. The monoisotopic (exact) mass is 240 g/mol. The summed E-state index contributed by atoms with van der Waals surface area (Å²) in [5.74, 6) is -1.22. The van der Waals surface area contributed by atoms with Crippen LogP contribution in [-0.4, -0.2) is 30.2 Å². The van der Waals surface area contributed by atoms with E-state index in [0.717, 1.165) is 18.5 Å². The second-order valence-electron chi connectivity index (χ2n) is 3.86. The third-order valence-corrected chi connectivity index (χ3v) is 2.45. The SMILES string of the molecule is NC(CCNCCc1ccc(F)cc1)C(=O)O. The Labute approximate surface area is 99.6 Å². The van der Waals surface area contributed by atoms with E-state index >= 15 is 0 Å². The summed E-state index contributed by atoms with van der Waals surface area (Å²) >= 11 is 0. The first-order valence-corrected chi connectivity index (χ1v) is 5.53. The number of carboxylic acid groups (broad SMARTS) is 1. The summed E-state index contributed by atoms with van der Waals surface area (Å²) in [5, 5.41) is 11.7. The Morgan fingerprint density at radius 3 is 2.59 bits per heavy atom. The summed E-state index contributed by atoms with van der Waals surface area (Å²) in [6.07, 6.45) is 1.18. The number of benzene rings is 1. The fraction of sp³-hybridized carbons (Fsp3) is 0.417. The van der Waals surface area contributed by atoms with E-state index in [1.165, 1.54) is 12.1 Å². The fourth-order valence-electron chi connectivity index (χ4n) is 1.39. The van der Waals surface area contributed by atoms with Gasteiger partial charge >= 0.3 is 5.97 Å². The molecule has 0 aliphatic rings. The summed E-state index contributed by atoms with van der Waals surface area (Å²) in [4.78, 5) is 10.4. The van der Waals surface area contributed by atoms with Gasteiger partial charge in [0, 0.05) is 0 Å². The molecule has 1 rings (SSSR count). The molecule has 94 valence electrons. The van der Waals surface area contributed by atoms with Crippen LogP contribution in [-0.2, 0) is 11.2 Å². The van der Waals surface area contributed by atoms with E-state index in [9.17, 15) is 9.18 Å². The molecule has 0 amide bonds. The zero-order chi connectivity index (χ0) is 12.7. The van der Waals surface area contributed by atoms with Crippen molar-refractivity contribution >= 4 is 5.97 Å². The van der Waals surface area contributed by atoms with E-state index in [0.29, 0.717) is 13.0 Å². The normalized spacial score (nSPS) is 12.4. The molecule has 0 aliphatic heterocycles. The summed E-state index contributed by atoms with van der Waals surface area (Å²) in [5.41, 5.74) is 6.39. The number of halogens is 1. The first-order chi connectivity index (χ1) is 8.09. The van der Waals surface area contributed by atoms with Gasteiger partial charge in [0.1, 0.15) is 11.9 Å². The molecule has 1 aromatic carbocycles. The Bertz CT molecular complexity index is 354.